The van der Waals surface area contributed by atoms with Gasteiger partial charge in [-0.3, -0.25) is 4.79 Å². The van der Waals surface area contributed by atoms with Crippen molar-refractivity contribution in [2.75, 3.05) is 12.4 Å². The second-order valence-electron chi connectivity index (χ2n) is 5.20. The average Bonchev–Trinajstić information content (AvgIpc) is 2.55. The highest BCUT2D eigenvalue weighted by atomic mass is 19.1. The second kappa shape index (κ2) is 7.54. The van der Waals surface area contributed by atoms with Gasteiger partial charge in [-0.1, -0.05) is 18.2 Å². The van der Waals surface area contributed by atoms with E-state index in [2.05, 4.69) is 10.1 Å². The zero-order valence-electron chi connectivity index (χ0n) is 13.1. The van der Waals surface area contributed by atoms with E-state index in [9.17, 15) is 14.0 Å². The minimum atomic E-state index is -0.452. The maximum absolute atomic E-state index is 12.8. The van der Waals surface area contributed by atoms with Crippen molar-refractivity contribution in [1.29, 1.82) is 0 Å². The van der Waals surface area contributed by atoms with Crippen molar-refractivity contribution in [3.05, 3.63) is 65.0 Å². The number of nitrogens with one attached hydrogen (secondary N) is 1. The van der Waals surface area contributed by atoms with Gasteiger partial charge in [0.2, 0.25) is 5.91 Å². The Morgan fingerprint density at radius 2 is 1.83 bits per heavy atom. The molecule has 0 aliphatic heterocycles. The summed E-state index contributed by atoms with van der Waals surface area (Å²) in [6.45, 7) is 1.84. The molecular weight excluding hydrogens is 297 g/mol. The van der Waals surface area contributed by atoms with Crippen LogP contribution in [0.1, 0.15) is 27.9 Å². The van der Waals surface area contributed by atoms with Crippen molar-refractivity contribution < 1.29 is 18.7 Å². The number of ether oxygens (including phenoxy) is 1. The lowest BCUT2D eigenvalue weighted by atomic mass is 10.1. The molecule has 1 amide bonds. The summed E-state index contributed by atoms with van der Waals surface area (Å²) in [6.07, 6.45) is 0.787. The summed E-state index contributed by atoms with van der Waals surface area (Å²) in [5.74, 6) is -0.917. The first-order chi connectivity index (χ1) is 11.0. The molecule has 0 radical (unpaired) electrons. The third-order valence-electron chi connectivity index (χ3n) is 3.49. The molecule has 0 spiro atoms. The Morgan fingerprint density at radius 3 is 2.48 bits per heavy atom. The van der Waals surface area contributed by atoms with Gasteiger partial charge in [0, 0.05) is 12.1 Å². The third kappa shape index (κ3) is 4.64. The van der Waals surface area contributed by atoms with Gasteiger partial charge < -0.3 is 10.1 Å². The van der Waals surface area contributed by atoms with Crippen LogP contribution >= 0.6 is 0 Å². The Kier molecular flexibility index (Phi) is 5.46. The number of methoxy groups -OCH3 is 1. The molecule has 120 valence electrons. The van der Waals surface area contributed by atoms with Crippen LogP contribution in [0.3, 0.4) is 0 Å². The van der Waals surface area contributed by atoms with Crippen molar-refractivity contribution in [3.8, 4) is 0 Å². The van der Waals surface area contributed by atoms with E-state index in [1.165, 1.54) is 19.2 Å². The van der Waals surface area contributed by atoms with Crippen LogP contribution in [0.25, 0.3) is 0 Å². The lowest BCUT2D eigenvalue weighted by Gasteiger charge is -2.10. The van der Waals surface area contributed by atoms with E-state index in [1.54, 1.807) is 30.3 Å². The molecule has 1 N–H and O–H groups in total. The Balaban J connectivity index is 1.99. The minimum Gasteiger partial charge on any atom is -0.465 e. The lowest BCUT2D eigenvalue weighted by Crippen LogP contribution is -2.14. The smallest absolute Gasteiger partial charge is 0.337 e. The van der Waals surface area contributed by atoms with E-state index in [0.717, 1.165) is 11.1 Å². The highest BCUT2D eigenvalue weighted by molar-refractivity contribution is 5.95. The minimum absolute atomic E-state index is 0.167. The number of anilines is 1. The number of hydrogen-bond acceptors (Lipinski definition) is 3. The number of amides is 1. The molecule has 2 aromatic carbocycles. The van der Waals surface area contributed by atoms with Crippen LogP contribution in [0.15, 0.2) is 42.5 Å². The third-order valence-corrected chi connectivity index (χ3v) is 3.49. The monoisotopic (exact) mass is 315 g/mol. The molecular formula is C18H18FNO3. The van der Waals surface area contributed by atoms with Gasteiger partial charge in [-0.2, -0.15) is 0 Å². The maximum Gasteiger partial charge on any atom is 0.337 e. The molecule has 0 unspecified atom stereocenters. The van der Waals surface area contributed by atoms with Crippen LogP contribution in [-0.2, 0) is 16.0 Å². The number of benzene rings is 2. The fraction of sp³-hybridized carbons (Fsp3) is 0.222. The molecule has 0 fully saturated rings. The molecule has 2 aromatic rings. The molecule has 0 bridgehead atoms. The van der Waals surface area contributed by atoms with Crippen LogP contribution in [0.5, 0.6) is 0 Å². The number of carbonyl (C=O) groups is 2. The second-order valence-corrected chi connectivity index (χ2v) is 5.20. The number of carbonyl (C=O) groups excluding carboxylic acids is 2. The molecule has 23 heavy (non-hydrogen) atoms. The summed E-state index contributed by atoms with van der Waals surface area (Å²) >= 11 is 0. The summed E-state index contributed by atoms with van der Waals surface area (Å²) in [5.41, 5.74) is 2.71. The molecule has 0 heterocycles. The Morgan fingerprint density at radius 1 is 1.13 bits per heavy atom. The van der Waals surface area contributed by atoms with Gasteiger partial charge in [0.25, 0.3) is 0 Å². The first kappa shape index (κ1) is 16.7. The molecule has 0 saturated carbocycles. The van der Waals surface area contributed by atoms with Gasteiger partial charge in [0.15, 0.2) is 0 Å². The van der Waals surface area contributed by atoms with E-state index in [0.29, 0.717) is 17.7 Å². The van der Waals surface area contributed by atoms with Crippen LogP contribution in [0, 0.1) is 12.7 Å². The summed E-state index contributed by atoms with van der Waals surface area (Å²) in [4.78, 5) is 23.6. The standard InChI is InChI=1S/C18H18FNO3/c1-12-3-7-14(18(22)23-2)11-16(12)20-17(21)10-6-13-4-8-15(19)9-5-13/h3-5,7-9,11H,6,10H2,1-2H3,(H,20,21). The van der Waals surface area contributed by atoms with E-state index >= 15 is 0 Å². The Bertz CT molecular complexity index is 711. The largest absolute Gasteiger partial charge is 0.465 e. The molecule has 2 rings (SSSR count). The maximum atomic E-state index is 12.8. The van der Waals surface area contributed by atoms with Gasteiger partial charge >= 0.3 is 5.97 Å². The average molecular weight is 315 g/mol. The fourth-order valence-corrected chi connectivity index (χ4v) is 2.12. The number of halogens is 1. The lowest BCUT2D eigenvalue weighted by molar-refractivity contribution is -0.116. The van der Waals surface area contributed by atoms with Crippen LogP contribution in [0.2, 0.25) is 0 Å². The highest BCUT2D eigenvalue weighted by Crippen LogP contribution is 2.18. The first-order valence-electron chi connectivity index (χ1n) is 7.23. The number of esters is 1. The molecule has 0 aliphatic carbocycles. The Labute approximate surface area is 134 Å². The molecule has 4 nitrogen and oxygen atoms in total. The van der Waals surface area contributed by atoms with Gasteiger partial charge in [-0.15, -0.1) is 0 Å². The van der Waals surface area contributed by atoms with Crippen molar-refractivity contribution in [2.24, 2.45) is 0 Å². The predicted octanol–water partition coefficient (Wildman–Crippen LogP) is 3.49. The van der Waals surface area contributed by atoms with Crippen LogP contribution in [-0.4, -0.2) is 19.0 Å². The molecule has 0 aliphatic rings. The van der Waals surface area contributed by atoms with Crippen molar-refractivity contribution in [1.82, 2.24) is 0 Å². The quantitative estimate of drug-likeness (QED) is 0.859. The highest BCUT2D eigenvalue weighted by Gasteiger charge is 2.10. The topological polar surface area (TPSA) is 55.4 Å². The van der Waals surface area contributed by atoms with Gasteiger partial charge in [0.05, 0.1) is 12.7 Å². The summed E-state index contributed by atoms with van der Waals surface area (Å²) in [6, 6.07) is 11.1. The van der Waals surface area contributed by atoms with Crippen LogP contribution < -0.4 is 5.32 Å². The molecule has 0 atom stereocenters. The normalized spacial score (nSPS) is 10.2. The van der Waals surface area contributed by atoms with E-state index in [-0.39, 0.29) is 18.1 Å². The number of hydrogen-bond donors (Lipinski definition) is 1. The SMILES string of the molecule is COC(=O)c1ccc(C)c(NC(=O)CCc2ccc(F)cc2)c1. The predicted molar refractivity (Wildman–Crippen MR) is 85.9 cm³/mol. The Hall–Kier alpha value is -2.69. The van der Waals surface area contributed by atoms with Gasteiger partial charge in [-0.05, 0) is 48.7 Å². The van der Waals surface area contributed by atoms with E-state index in [1.807, 2.05) is 6.92 Å². The van der Waals surface area contributed by atoms with Gasteiger partial charge in [0.1, 0.15) is 5.82 Å². The van der Waals surface area contributed by atoms with Gasteiger partial charge in [-0.25, -0.2) is 9.18 Å². The first-order valence-corrected chi connectivity index (χ1v) is 7.23. The number of aryl methyl sites for hydroxylation is 2. The van der Waals surface area contributed by atoms with Crippen LogP contribution in [0.4, 0.5) is 10.1 Å². The summed E-state index contributed by atoms with van der Waals surface area (Å²) in [5, 5.41) is 2.79. The van der Waals surface area contributed by atoms with Crippen molar-refractivity contribution >= 4 is 17.6 Å². The van der Waals surface area contributed by atoms with Crippen molar-refractivity contribution in [2.45, 2.75) is 19.8 Å². The molecule has 0 aromatic heterocycles. The molecule has 5 heteroatoms. The van der Waals surface area contributed by atoms with E-state index < -0.39 is 5.97 Å². The summed E-state index contributed by atoms with van der Waals surface area (Å²) in [7, 11) is 1.31. The van der Waals surface area contributed by atoms with E-state index in [4.69, 9.17) is 0 Å². The zero-order chi connectivity index (χ0) is 16.8. The summed E-state index contributed by atoms with van der Waals surface area (Å²) < 4.78 is 17.5. The fourth-order valence-electron chi connectivity index (χ4n) is 2.12. The number of rotatable bonds is 5. The zero-order valence-corrected chi connectivity index (χ0v) is 13.1. The molecule has 0 saturated heterocycles. The van der Waals surface area contributed by atoms with Crippen molar-refractivity contribution in [3.63, 3.8) is 0 Å².